The van der Waals surface area contributed by atoms with Crippen LogP contribution in [0.15, 0.2) is 54.7 Å². The van der Waals surface area contributed by atoms with Gasteiger partial charge < -0.3 is 0 Å². The lowest BCUT2D eigenvalue weighted by Crippen LogP contribution is -1.95. The van der Waals surface area contributed by atoms with E-state index in [9.17, 15) is 10.1 Å². The fraction of sp³-hybridized carbons (Fsp3) is 0. The Morgan fingerprint density at radius 2 is 1.74 bits per heavy atom. The topological polar surface area (TPSA) is 68.9 Å². The summed E-state index contributed by atoms with van der Waals surface area (Å²) < 4.78 is 0. The number of benzene rings is 2. The van der Waals surface area contributed by atoms with E-state index in [0.717, 1.165) is 10.9 Å². The molecule has 3 rings (SSSR count). The number of nitro benzene ring substituents is 1. The Labute approximate surface area is 108 Å². The van der Waals surface area contributed by atoms with Gasteiger partial charge in [-0.25, -0.2) is 9.97 Å². The van der Waals surface area contributed by atoms with Gasteiger partial charge >= 0.3 is 0 Å². The molecule has 0 amide bonds. The van der Waals surface area contributed by atoms with Crippen molar-refractivity contribution < 1.29 is 4.92 Å². The van der Waals surface area contributed by atoms with Crippen molar-refractivity contribution in [3.63, 3.8) is 0 Å². The second-order valence-electron chi connectivity index (χ2n) is 4.03. The molecule has 0 saturated heterocycles. The molecule has 0 aliphatic heterocycles. The molecule has 0 saturated carbocycles. The molecule has 19 heavy (non-hydrogen) atoms. The van der Waals surface area contributed by atoms with Crippen LogP contribution in [-0.2, 0) is 0 Å². The number of nitrogens with zero attached hydrogens (tertiary/aromatic N) is 3. The van der Waals surface area contributed by atoms with Gasteiger partial charge in [0.2, 0.25) is 0 Å². The summed E-state index contributed by atoms with van der Waals surface area (Å²) in [5.41, 5.74) is 1.21. The molecule has 0 bridgehead atoms. The highest BCUT2D eigenvalue weighted by Crippen LogP contribution is 2.27. The fourth-order valence-electron chi connectivity index (χ4n) is 1.92. The van der Waals surface area contributed by atoms with Gasteiger partial charge in [-0.1, -0.05) is 30.3 Å². The molecule has 5 nitrogen and oxygen atoms in total. The van der Waals surface area contributed by atoms with Crippen LogP contribution < -0.4 is 0 Å². The van der Waals surface area contributed by atoms with Gasteiger partial charge in [-0.15, -0.1) is 0 Å². The van der Waals surface area contributed by atoms with Crippen LogP contribution >= 0.6 is 0 Å². The predicted molar refractivity (Wildman–Crippen MR) is 71.6 cm³/mol. The Morgan fingerprint density at radius 3 is 2.58 bits per heavy atom. The van der Waals surface area contributed by atoms with E-state index in [1.165, 1.54) is 6.07 Å². The van der Waals surface area contributed by atoms with Gasteiger partial charge in [0.1, 0.15) is 0 Å². The van der Waals surface area contributed by atoms with E-state index in [2.05, 4.69) is 9.97 Å². The van der Waals surface area contributed by atoms with Crippen molar-refractivity contribution in [1.82, 2.24) is 9.97 Å². The second-order valence-corrected chi connectivity index (χ2v) is 4.03. The predicted octanol–water partition coefficient (Wildman–Crippen LogP) is 3.21. The van der Waals surface area contributed by atoms with Crippen LogP contribution in [0, 0.1) is 10.1 Å². The average Bonchev–Trinajstić information content (AvgIpc) is 2.46. The number of nitro groups is 1. The Hall–Kier alpha value is -2.82. The van der Waals surface area contributed by atoms with Crippen molar-refractivity contribution >= 4 is 16.6 Å². The molecule has 0 N–H and O–H groups in total. The first kappa shape index (κ1) is 11.3. The average molecular weight is 251 g/mol. The maximum atomic E-state index is 11.0. The van der Waals surface area contributed by atoms with Gasteiger partial charge in [0.15, 0.2) is 5.82 Å². The van der Waals surface area contributed by atoms with Gasteiger partial charge in [-0.3, -0.25) is 10.1 Å². The number of aromatic nitrogens is 2. The number of hydrogen-bond acceptors (Lipinski definition) is 4. The molecule has 0 radical (unpaired) electrons. The number of hydrogen-bond donors (Lipinski definition) is 0. The van der Waals surface area contributed by atoms with Gasteiger partial charge in [0.05, 0.1) is 16.0 Å². The molecular weight excluding hydrogens is 242 g/mol. The quantitative estimate of drug-likeness (QED) is 0.518. The molecule has 1 aromatic heterocycles. The van der Waals surface area contributed by atoms with Gasteiger partial charge in [-0.2, -0.15) is 0 Å². The molecule has 5 heteroatoms. The van der Waals surface area contributed by atoms with E-state index in [4.69, 9.17) is 0 Å². The Morgan fingerprint density at radius 1 is 1.00 bits per heavy atom. The van der Waals surface area contributed by atoms with Crippen LogP contribution in [0.4, 0.5) is 5.69 Å². The van der Waals surface area contributed by atoms with Crippen molar-refractivity contribution in [2.24, 2.45) is 0 Å². The van der Waals surface area contributed by atoms with Crippen LogP contribution in [0.2, 0.25) is 0 Å². The number of rotatable bonds is 2. The highest BCUT2D eigenvalue weighted by atomic mass is 16.6. The van der Waals surface area contributed by atoms with E-state index in [1.807, 2.05) is 24.3 Å². The van der Waals surface area contributed by atoms with Crippen molar-refractivity contribution in [2.75, 3.05) is 0 Å². The third kappa shape index (κ3) is 2.01. The largest absolute Gasteiger partial charge is 0.280 e. The first-order valence-electron chi connectivity index (χ1n) is 5.71. The molecule has 2 aromatic carbocycles. The maximum Gasteiger partial charge on any atom is 0.280 e. The molecule has 3 aromatic rings. The molecule has 0 aliphatic carbocycles. The Balaban J connectivity index is 2.22. The second kappa shape index (κ2) is 4.45. The molecule has 0 unspecified atom stereocenters. The molecule has 0 atom stereocenters. The SMILES string of the molecule is O=[N+]([O-])c1ccccc1-c1ncc2ccccc2n1. The highest BCUT2D eigenvalue weighted by Gasteiger charge is 2.16. The summed E-state index contributed by atoms with van der Waals surface area (Å²) in [5, 5.41) is 11.9. The normalized spacial score (nSPS) is 10.5. The zero-order chi connectivity index (χ0) is 13.2. The van der Waals surface area contributed by atoms with Crippen molar-refractivity contribution in [3.05, 3.63) is 64.8 Å². The van der Waals surface area contributed by atoms with Crippen LogP contribution in [0.5, 0.6) is 0 Å². The summed E-state index contributed by atoms with van der Waals surface area (Å²) in [6, 6.07) is 14.0. The van der Waals surface area contributed by atoms with E-state index < -0.39 is 4.92 Å². The molecular formula is C14H9N3O2. The summed E-state index contributed by atoms with van der Waals surface area (Å²) in [5.74, 6) is 0.367. The lowest BCUT2D eigenvalue weighted by atomic mass is 10.1. The Kier molecular flexibility index (Phi) is 2.64. The summed E-state index contributed by atoms with van der Waals surface area (Å²) in [4.78, 5) is 19.2. The number of fused-ring (bicyclic) bond motifs is 1. The van der Waals surface area contributed by atoms with Crippen molar-refractivity contribution in [3.8, 4) is 11.4 Å². The summed E-state index contributed by atoms with van der Waals surface area (Å²) in [6.07, 6.45) is 1.67. The third-order valence-electron chi connectivity index (χ3n) is 2.83. The van der Waals surface area contributed by atoms with Crippen LogP contribution in [0.3, 0.4) is 0 Å². The van der Waals surface area contributed by atoms with Gasteiger partial charge in [0, 0.05) is 17.6 Å². The summed E-state index contributed by atoms with van der Waals surface area (Å²) in [6.45, 7) is 0. The standard InChI is InChI=1S/C14H9N3O2/c18-17(19)13-8-4-2-6-11(13)14-15-9-10-5-1-3-7-12(10)16-14/h1-9H. The molecule has 92 valence electrons. The lowest BCUT2D eigenvalue weighted by Gasteiger charge is -2.03. The number of para-hydroxylation sites is 2. The first-order chi connectivity index (χ1) is 9.25. The zero-order valence-corrected chi connectivity index (χ0v) is 9.85. The van der Waals surface area contributed by atoms with Crippen molar-refractivity contribution in [1.29, 1.82) is 0 Å². The van der Waals surface area contributed by atoms with Crippen molar-refractivity contribution in [2.45, 2.75) is 0 Å². The molecule has 1 heterocycles. The van der Waals surface area contributed by atoms with Gasteiger partial charge in [-0.05, 0) is 12.1 Å². The zero-order valence-electron chi connectivity index (χ0n) is 9.85. The summed E-state index contributed by atoms with van der Waals surface area (Å²) in [7, 11) is 0. The van der Waals surface area contributed by atoms with Crippen LogP contribution in [0.1, 0.15) is 0 Å². The van der Waals surface area contributed by atoms with E-state index in [1.54, 1.807) is 24.4 Å². The minimum Gasteiger partial charge on any atom is -0.258 e. The molecule has 0 fully saturated rings. The Bertz CT molecular complexity index is 771. The fourth-order valence-corrected chi connectivity index (χ4v) is 1.92. The van der Waals surface area contributed by atoms with E-state index in [0.29, 0.717) is 11.4 Å². The minimum atomic E-state index is -0.423. The monoisotopic (exact) mass is 251 g/mol. The third-order valence-corrected chi connectivity index (χ3v) is 2.83. The smallest absolute Gasteiger partial charge is 0.258 e. The molecule has 0 aliphatic rings. The molecule has 0 spiro atoms. The maximum absolute atomic E-state index is 11.0. The van der Waals surface area contributed by atoms with Gasteiger partial charge in [0.25, 0.3) is 5.69 Å². The highest BCUT2D eigenvalue weighted by molar-refractivity contribution is 5.80. The first-order valence-corrected chi connectivity index (χ1v) is 5.71. The van der Waals surface area contributed by atoms with E-state index >= 15 is 0 Å². The lowest BCUT2D eigenvalue weighted by molar-refractivity contribution is -0.384. The van der Waals surface area contributed by atoms with E-state index in [-0.39, 0.29) is 5.69 Å². The van der Waals surface area contributed by atoms with Crippen LogP contribution in [-0.4, -0.2) is 14.9 Å². The minimum absolute atomic E-state index is 0.0118. The van der Waals surface area contributed by atoms with Crippen LogP contribution in [0.25, 0.3) is 22.3 Å². The summed E-state index contributed by atoms with van der Waals surface area (Å²) >= 11 is 0.